The van der Waals surface area contributed by atoms with E-state index in [0.717, 1.165) is 12.8 Å². The first kappa shape index (κ1) is 21.7. The van der Waals surface area contributed by atoms with Crippen LogP contribution in [-0.4, -0.2) is 66.5 Å². The van der Waals surface area contributed by atoms with Gasteiger partial charge >= 0.3 is 5.97 Å². The molecule has 9 nitrogen and oxygen atoms in total. The number of hydrogen-bond acceptors (Lipinski definition) is 5. The fraction of sp³-hybridized carbons (Fsp3) is 0.765. The van der Waals surface area contributed by atoms with Gasteiger partial charge in [-0.3, -0.25) is 9.59 Å². The van der Waals surface area contributed by atoms with E-state index >= 15 is 0 Å². The summed E-state index contributed by atoms with van der Waals surface area (Å²) in [5.41, 5.74) is 11.0. The third-order valence-electron chi connectivity index (χ3n) is 4.53. The monoisotopic (exact) mass is 369 g/mol. The number of methoxy groups -OCH3 is 1. The summed E-state index contributed by atoms with van der Waals surface area (Å²) in [6.45, 7) is 5.24. The van der Waals surface area contributed by atoms with Crippen molar-refractivity contribution in [3.63, 3.8) is 0 Å². The highest BCUT2D eigenvalue weighted by Gasteiger charge is 2.45. The number of aliphatic imine (C=N–C) groups is 2. The average Bonchev–Trinajstić information content (AvgIpc) is 2.98. The lowest BCUT2D eigenvalue weighted by molar-refractivity contribution is -0.142. The third-order valence-corrected chi connectivity index (χ3v) is 4.53. The molecule has 0 radical (unpaired) electrons. The molecule has 0 aromatic carbocycles. The van der Waals surface area contributed by atoms with Crippen LogP contribution < -0.4 is 11.5 Å². The first-order valence-corrected chi connectivity index (χ1v) is 9.00. The molecule has 1 aliphatic carbocycles. The van der Waals surface area contributed by atoms with Crippen LogP contribution in [0.25, 0.3) is 0 Å². The SMILES string of the molecule is CCCN(CCC)C(=O)C(N=COC)C1CC(C(=O)O)CC1N=C(N)N. The molecule has 9 heteroatoms. The number of amides is 1. The third kappa shape index (κ3) is 5.89. The van der Waals surface area contributed by atoms with Gasteiger partial charge in [0.2, 0.25) is 5.91 Å². The van der Waals surface area contributed by atoms with E-state index in [4.69, 9.17) is 16.2 Å². The number of nitrogens with two attached hydrogens (primary N) is 2. The van der Waals surface area contributed by atoms with Crippen LogP contribution in [-0.2, 0) is 14.3 Å². The lowest BCUT2D eigenvalue weighted by Crippen LogP contribution is -2.44. The number of ether oxygens (including phenoxy) is 1. The molecule has 0 saturated heterocycles. The van der Waals surface area contributed by atoms with E-state index in [2.05, 4.69) is 9.98 Å². The summed E-state index contributed by atoms with van der Waals surface area (Å²) < 4.78 is 4.91. The Balaban J connectivity index is 3.18. The van der Waals surface area contributed by atoms with Gasteiger partial charge in [0.25, 0.3) is 0 Å². The van der Waals surface area contributed by atoms with Gasteiger partial charge < -0.3 is 26.2 Å². The van der Waals surface area contributed by atoms with Gasteiger partial charge in [-0.25, -0.2) is 9.98 Å². The van der Waals surface area contributed by atoms with E-state index in [9.17, 15) is 14.7 Å². The lowest BCUT2D eigenvalue weighted by Gasteiger charge is -2.29. The molecule has 0 aromatic heterocycles. The zero-order chi connectivity index (χ0) is 19.7. The molecular weight excluding hydrogens is 338 g/mol. The molecule has 4 unspecified atom stereocenters. The summed E-state index contributed by atoms with van der Waals surface area (Å²) >= 11 is 0. The number of aliphatic carboxylic acids is 1. The normalized spacial score (nSPS) is 23.6. The van der Waals surface area contributed by atoms with Gasteiger partial charge in [-0.05, 0) is 25.7 Å². The molecule has 1 saturated carbocycles. The molecule has 0 spiro atoms. The van der Waals surface area contributed by atoms with Gasteiger partial charge in [-0.1, -0.05) is 13.8 Å². The summed E-state index contributed by atoms with van der Waals surface area (Å²) in [5, 5.41) is 9.39. The fourth-order valence-electron chi connectivity index (χ4n) is 3.47. The Morgan fingerprint density at radius 2 is 1.88 bits per heavy atom. The van der Waals surface area contributed by atoms with Gasteiger partial charge in [-0.15, -0.1) is 0 Å². The predicted octanol–water partition coefficient (Wildman–Crippen LogP) is 0.431. The van der Waals surface area contributed by atoms with E-state index in [1.165, 1.54) is 13.5 Å². The van der Waals surface area contributed by atoms with E-state index in [0.29, 0.717) is 19.5 Å². The maximum Gasteiger partial charge on any atom is 0.306 e. The molecule has 1 aliphatic rings. The molecule has 0 aliphatic heterocycles. The van der Waals surface area contributed by atoms with Crippen LogP contribution in [0.5, 0.6) is 0 Å². The standard InChI is InChI=1S/C17H31N5O4/c1-4-6-22(7-5-2)15(23)14(20-10-26-3)12-8-11(16(24)25)9-13(12)21-17(18)19/h10-14H,4-9H2,1-3H3,(H,24,25)(H4,18,19,21). The molecule has 0 aromatic rings. The molecule has 4 atom stereocenters. The zero-order valence-electron chi connectivity index (χ0n) is 15.8. The number of carbonyl (C=O) groups is 2. The van der Waals surface area contributed by atoms with Crippen molar-refractivity contribution < 1.29 is 19.4 Å². The van der Waals surface area contributed by atoms with Crippen LogP contribution >= 0.6 is 0 Å². The number of nitrogens with zero attached hydrogens (tertiary/aromatic N) is 3. The van der Waals surface area contributed by atoms with Crippen molar-refractivity contribution in [2.24, 2.45) is 33.3 Å². The Kier molecular flexibility index (Phi) is 8.87. The molecule has 148 valence electrons. The smallest absolute Gasteiger partial charge is 0.306 e. The van der Waals surface area contributed by atoms with E-state index in [-0.39, 0.29) is 18.3 Å². The van der Waals surface area contributed by atoms with Crippen LogP contribution in [0, 0.1) is 11.8 Å². The summed E-state index contributed by atoms with van der Waals surface area (Å²) in [5.74, 6) is -2.18. The minimum absolute atomic E-state index is 0.119. The first-order valence-electron chi connectivity index (χ1n) is 9.00. The molecule has 26 heavy (non-hydrogen) atoms. The van der Waals surface area contributed by atoms with Gasteiger partial charge in [-0.2, -0.15) is 0 Å². The van der Waals surface area contributed by atoms with Gasteiger partial charge in [0.1, 0.15) is 6.04 Å². The average molecular weight is 369 g/mol. The summed E-state index contributed by atoms with van der Waals surface area (Å²) in [7, 11) is 1.45. The van der Waals surface area contributed by atoms with Crippen LogP contribution in [0.15, 0.2) is 9.98 Å². The molecule has 1 rings (SSSR count). The van der Waals surface area contributed by atoms with Crippen molar-refractivity contribution in [3.05, 3.63) is 0 Å². The lowest BCUT2D eigenvalue weighted by atomic mass is 9.93. The van der Waals surface area contributed by atoms with Crippen LogP contribution in [0.3, 0.4) is 0 Å². The highest BCUT2D eigenvalue weighted by atomic mass is 16.5. The number of guanidine groups is 1. The summed E-state index contributed by atoms with van der Waals surface area (Å²) in [6, 6.07) is -1.24. The highest BCUT2D eigenvalue weighted by Crippen LogP contribution is 2.37. The summed E-state index contributed by atoms with van der Waals surface area (Å²) in [6.07, 6.45) is 3.45. The molecular formula is C17H31N5O4. The number of carbonyl (C=O) groups excluding carboxylic acids is 1. The van der Waals surface area contributed by atoms with Crippen molar-refractivity contribution in [1.29, 1.82) is 0 Å². The Bertz CT molecular complexity index is 527. The van der Waals surface area contributed by atoms with Crippen molar-refractivity contribution >= 4 is 24.2 Å². The second-order valence-electron chi connectivity index (χ2n) is 6.55. The maximum atomic E-state index is 13.1. The Morgan fingerprint density at radius 3 is 2.35 bits per heavy atom. The van der Waals surface area contributed by atoms with Gasteiger partial charge in [0.05, 0.1) is 19.1 Å². The van der Waals surface area contributed by atoms with Crippen LogP contribution in [0.2, 0.25) is 0 Å². The van der Waals surface area contributed by atoms with Gasteiger partial charge in [0.15, 0.2) is 12.4 Å². The minimum Gasteiger partial charge on any atom is -0.487 e. The number of carboxylic acids is 1. The van der Waals surface area contributed by atoms with Crippen molar-refractivity contribution in [2.45, 2.75) is 51.6 Å². The van der Waals surface area contributed by atoms with Gasteiger partial charge in [0, 0.05) is 19.0 Å². The van der Waals surface area contributed by atoms with Crippen molar-refractivity contribution in [1.82, 2.24) is 4.90 Å². The molecule has 0 heterocycles. The maximum absolute atomic E-state index is 13.1. The topological polar surface area (TPSA) is 144 Å². The van der Waals surface area contributed by atoms with Crippen molar-refractivity contribution in [2.75, 3.05) is 20.2 Å². The highest BCUT2D eigenvalue weighted by molar-refractivity contribution is 5.84. The van der Waals surface area contributed by atoms with E-state index in [1.807, 2.05) is 13.8 Å². The first-order chi connectivity index (χ1) is 12.3. The number of carboxylic acid groups (broad SMARTS) is 1. The van der Waals surface area contributed by atoms with Crippen molar-refractivity contribution in [3.8, 4) is 0 Å². The zero-order valence-corrected chi connectivity index (χ0v) is 15.8. The second kappa shape index (κ2) is 10.6. The quantitative estimate of drug-likeness (QED) is 0.376. The molecule has 0 bridgehead atoms. The minimum atomic E-state index is -0.913. The molecule has 1 fully saturated rings. The Morgan fingerprint density at radius 1 is 1.27 bits per heavy atom. The number of rotatable bonds is 10. The fourth-order valence-corrected chi connectivity index (χ4v) is 3.47. The molecule has 1 amide bonds. The Hall–Kier alpha value is -2.32. The van der Waals surface area contributed by atoms with Crippen LogP contribution in [0.4, 0.5) is 0 Å². The van der Waals surface area contributed by atoms with E-state index in [1.54, 1.807) is 4.90 Å². The largest absolute Gasteiger partial charge is 0.487 e. The second-order valence-corrected chi connectivity index (χ2v) is 6.55. The Labute approximate surface area is 154 Å². The van der Waals surface area contributed by atoms with E-state index < -0.39 is 29.9 Å². The van der Waals surface area contributed by atoms with Crippen LogP contribution in [0.1, 0.15) is 39.5 Å². The summed E-state index contributed by atoms with van der Waals surface area (Å²) in [4.78, 5) is 34.8. The number of hydrogen-bond donors (Lipinski definition) is 3. The molecule has 5 N–H and O–H groups in total. The predicted molar refractivity (Wildman–Crippen MR) is 99.9 cm³/mol.